The minimum Gasteiger partial charge on any atom is -0.390 e. The summed E-state index contributed by atoms with van der Waals surface area (Å²) in [4.78, 5) is 0. The molecule has 4 nitrogen and oxygen atoms in total. The molecular weight excluding hydrogens is 276 g/mol. The third kappa shape index (κ3) is 2.41. The first-order chi connectivity index (χ1) is 10.2. The normalized spacial score (nSPS) is 10.8. The molecule has 0 fully saturated rings. The molecule has 1 N–H and O–H groups in total. The van der Waals surface area contributed by atoms with Crippen molar-refractivity contribution >= 4 is 0 Å². The van der Waals surface area contributed by atoms with E-state index < -0.39 is 11.6 Å². The van der Waals surface area contributed by atoms with Crippen LogP contribution in [0, 0.1) is 11.6 Å². The summed E-state index contributed by atoms with van der Waals surface area (Å²) in [5.74, 6) is -0.903. The van der Waals surface area contributed by atoms with E-state index in [2.05, 4.69) is 10.3 Å². The number of benzene rings is 2. The lowest BCUT2D eigenvalue weighted by molar-refractivity contribution is 0.277. The highest BCUT2D eigenvalue weighted by Gasteiger charge is 2.18. The Labute approximate surface area is 119 Å². The molecule has 3 aromatic rings. The Bertz CT molecular complexity index is 786. The fourth-order valence-electron chi connectivity index (χ4n) is 2.13. The highest BCUT2D eigenvalue weighted by Crippen LogP contribution is 2.27. The van der Waals surface area contributed by atoms with Crippen molar-refractivity contribution in [3.8, 4) is 16.9 Å². The van der Waals surface area contributed by atoms with E-state index in [9.17, 15) is 13.9 Å². The second-order valence-electron chi connectivity index (χ2n) is 4.41. The number of aromatic nitrogens is 3. The van der Waals surface area contributed by atoms with Gasteiger partial charge in [-0.1, -0.05) is 23.4 Å². The van der Waals surface area contributed by atoms with Crippen LogP contribution >= 0.6 is 0 Å². The topological polar surface area (TPSA) is 50.9 Å². The second-order valence-corrected chi connectivity index (χ2v) is 4.41. The highest BCUT2D eigenvalue weighted by molar-refractivity contribution is 5.64. The molecule has 21 heavy (non-hydrogen) atoms. The third-order valence-electron chi connectivity index (χ3n) is 3.07. The summed E-state index contributed by atoms with van der Waals surface area (Å²) >= 11 is 0. The highest BCUT2D eigenvalue weighted by atomic mass is 19.1. The maximum atomic E-state index is 14.0. The summed E-state index contributed by atoms with van der Waals surface area (Å²) in [6.07, 6.45) is 0. The minimum atomic E-state index is -0.466. The predicted molar refractivity (Wildman–Crippen MR) is 72.6 cm³/mol. The molecule has 106 valence electrons. The lowest BCUT2D eigenvalue weighted by Crippen LogP contribution is -2.02. The number of nitrogens with zero attached hydrogens (tertiary/aromatic N) is 3. The van der Waals surface area contributed by atoms with E-state index in [1.165, 1.54) is 28.9 Å². The Morgan fingerprint density at radius 3 is 2.57 bits per heavy atom. The fraction of sp³-hybridized carbons (Fsp3) is 0.0667. The molecule has 0 saturated carbocycles. The first kappa shape index (κ1) is 13.4. The van der Waals surface area contributed by atoms with Crippen molar-refractivity contribution in [3.63, 3.8) is 0 Å². The van der Waals surface area contributed by atoms with Gasteiger partial charge in [0.05, 0.1) is 12.3 Å². The van der Waals surface area contributed by atoms with Crippen LogP contribution in [0.5, 0.6) is 0 Å². The van der Waals surface area contributed by atoms with Crippen LogP contribution in [0.25, 0.3) is 16.9 Å². The predicted octanol–water partition coefficient (Wildman–Crippen LogP) is 2.70. The molecule has 0 radical (unpaired) electrons. The average Bonchev–Trinajstić information content (AvgIpc) is 2.91. The van der Waals surface area contributed by atoms with E-state index >= 15 is 0 Å². The van der Waals surface area contributed by atoms with Crippen molar-refractivity contribution in [1.82, 2.24) is 15.0 Å². The molecule has 1 heterocycles. The minimum absolute atomic E-state index is 0.226. The van der Waals surface area contributed by atoms with Crippen LogP contribution in [0.1, 0.15) is 5.69 Å². The van der Waals surface area contributed by atoms with Gasteiger partial charge in [-0.15, -0.1) is 5.10 Å². The molecule has 0 aliphatic carbocycles. The summed E-state index contributed by atoms with van der Waals surface area (Å²) in [6, 6.07) is 11.8. The number of halogens is 2. The van der Waals surface area contributed by atoms with Gasteiger partial charge in [0.2, 0.25) is 0 Å². The van der Waals surface area contributed by atoms with Gasteiger partial charge in [-0.25, -0.2) is 13.5 Å². The first-order valence-corrected chi connectivity index (χ1v) is 6.27. The third-order valence-corrected chi connectivity index (χ3v) is 3.07. The van der Waals surface area contributed by atoms with E-state index in [1.807, 2.05) is 0 Å². The van der Waals surface area contributed by atoms with Gasteiger partial charge in [-0.05, 0) is 30.3 Å². The van der Waals surface area contributed by atoms with Crippen LogP contribution < -0.4 is 0 Å². The van der Waals surface area contributed by atoms with E-state index in [0.29, 0.717) is 11.4 Å². The molecule has 6 heteroatoms. The lowest BCUT2D eigenvalue weighted by atomic mass is 10.1. The summed E-state index contributed by atoms with van der Waals surface area (Å²) in [5.41, 5.74) is 1.18. The largest absolute Gasteiger partial charge is 0.390 e. The molecule has 0 spiro atoms. The van der Waals surface area contributed by atoms with E-state index in [-0.39, 0.29) is 17.9 Å². The molecule has 0 amide bonds. The molecule has 0 atom stereocenters. The smallest absolute Gasteiger partial charge is 0.132 e. The van der Waals surface area contributed by atoms with E-state index in [1.54, 1.807) is 24.3 Å². The molecular formula is C15H11F2N3O. The van der Waals surface area contributed by atoms with Crippen LogP contribution in [0.3, 0.4) is 0 Å². The number of rotatable bonds is 3. The van der Waals surface area contributed by atoms with Crippen LogP contribution in [-0.2, 0) is 6.61 Å². The summed E-state index contributed by atoms with van der Waals surface area (Å²) in [7, 11) is 0. The molecule has 0 aliphatic rings. The zero-order chi connectivity index (χ0) is 14.8. The van der Waals surface area contributed by atoms with Gasteiger partial charge in [0.25, 0.3) is 0 Å². The molecule has 0 saturated heterocycles. The summed E-state index contributed by atoms with van der Waals surface area (Å²) < 4.78 is 28.7. The Morgan fingerprint density at radius 1 is 1.05 bits per heavy atom. The van der Waals surface area contributed by atoms with Crippen LogP contribution in [0.15, 0.2) is 48.5 Å². The average molecular weight is 287 g/mol. The maximum Gasteiger partial charge on any atom is 0.132 e. The van der Waals surface area contributed by atoms with Crippen molar-refractivity contribution < 1.29 is 13.9 Å². The van der Waals surface area contributed by atoms with E-state index in [0.717, 1.165) is 0 Å². The van der Waals surface area contributed by atoms with Gasteiger partial charge in [0.15, 0.2) is 0 Å². The molecule has 2 aromatic carbocycles. The molecule has 0 unspecified atom stereocenters. The fourth-order valence-corrected chi connectivity index (χ4v) is 2.13. The zero-order valence-electron chi connectivity index (χ0n) is 10.9. The number of aliphatic hydroxyl groups excluding tert-OH is 1. The van der Waals surface area contributed by atoms with Gasteiger partial charge in [-0.2, -0.15) is 0 Å². The van der Waals surface area contributed by atoms with Crippen molar-refractivity contribution in [1.29, 1.82) is 0 Å². The van der Waals surface area contributed by atoms with Gasteiger partial charge >= 0.3 is 0 Å². The Hall–Kier alpha value is -2.60. The summed E-state index contributed by atoms with van der Waals surface area (Å²) in [6.45, 7) is -0.390. The van der Waals surface area contributed by atoms with Crippen LogP contribution in [0.4, 0.5) is 8.78 Å². The van der Waals surface area contributed by atoms with Crippen LogP contribution in [0.2, 0.25) is 0 Å². The van der Waals surface area contributed by atoms with Gasteiger partial charge in [-0.3, -0.25) is 0 Å². The molecule has 0 bridgehead atoms. The van der Waals surface area contributed by atoms with E-state index in [4.69, 9.17) is 0 Å². The lowest BCUT2D eigenvalue weighted by Gasteiger charge is -2.08. The molecule has 3 rings (SSSR count). The van der Waals surface area contributed by atoms with Crippen molar-refractivity contribution in [2.45, 2.75) is 6.61 Å². The zero-order valence-corrected chi connectivity index (χ0v) is 10.9. The molecule has 1 aromatic heterocycles. The monoisotopic (exact) mass is 287 g/mol. The van der Waals surface area contributed by atoms with Crippen LogP contribution in [-0.4, -0.2) is 20.1 Å². The number of hydrogen-bond donors (Lipinski definition) is 1. The first-order valence-electron chi connectivity index (χ1n) is 6.27. The number of aliphatic hydroxyl groups is 1. The Balaban J connectivity index is 2.24. The van der Waals surface area contributed by atoms with Gasteiger partial charge < -0.3 is 5.11 Å². The number of hydrogen-bond acceptors (Lipinski definition) is 3. The second kappa shape index (κ2) is 5.41. The standard InChI is InChI=1S/C15H11F2N3O/c16-10-4-3-5-11(8-10)20-15(14(9-21)18-19-20)12-6-1-2-7-13(12)17/h1-8,21H,9H2. The Kier molecular flexibility index (Phi) is 3.45. The maximum absolute atomic E-state index is 14.0. The van der Waals surface area contributed by atoms with Gasteiger partial charge in [0, 0.05) is 5.56 Å². The summed E-state index contributed by atoms with van der Waals surface area (Å²) in [5, 5.41) is 17.1. The Morgan fingerprint density at radius 2 is 1.86 bits per heavy atom. The van der Waals surface area contributed by atoms with Crippen molar-refractivity contribution in [2.75, 3.05) is 0 Å². The SMILES string of the molecule is OCc1nnn(-c2cccc(F)c2)c1-c1ccccc1F. The quantitative estimate of drug-likeness (QED) is 0.805. The van der Waals surface area contributed by atoms with Crippen molar-refractivity contribution in [3.05, 3.63) is 65.9 Å². The van der Waals surface area contributed by atoms with Gasteiger partial charge in [0.1, 0.15) is 23.0 Å². The van der Waals surface area contributed by atoms with Crippen molar-refractivity contribution in [2.24, 2.45) is 0 Å². The molecule has 0 aliphatic heterocycles.